The molecule has 4 rings (SSSR count). The highest BCUT2D eigenvalue weighted by Crippen LogP contribution is 2.29. The Labute approximate surface area is 182 Å². The van der Waals surface area contributed by atoms with Gasteiger partial charge in [-0.25, -0.2) is 9.78 Å². The Morgan fingerprint density at radius 1 is 1.10 bits per heavy atom. The van der Waals surface area contributed by atoms with Gasteiger partial charge in [-0.3, -0.25) is 0 Å². The fourth-order valence-corrected chi connectivity index (χ4v) is 3.69. The van der Waals surface area contributed by atoms with Gasteiger partial charge in [-0.1, -0.05) is 41.4 Å². The molecule has 4 aromatic rings. The highest BCUT2D eigenvalue weighted by atomic mass is 35.5. The predicted molar refractivity (Wildman–Crippen MR) is 119 cm³/mol. The van der Waals surface area contributed by atoms with Gasteiger partial charge in [-0.05, 0) is 56.4 Å². The fraction of sp³-hybridized carbons (Fsp3) is 0.100. The maximum atomic E-state index is 6.33. The standard InChI is InChI=1S/C20H16Cl2N6S/c1-12-17(13(2)27(26-12)15-6-4-3-5-7-15)11-23-28-19(24-25-20(28)29)16-9-8-14(21)10-18(16)22/h3-11H,1-2H3,(H,25,29)/b23-11+. The summed E-state index contributed by atoms with van der Waals surface area (Å²) in [4.78, 5) is 0. The first-order valence-corrected chi connectivity index (χ1v) is 9.91. The molecule has 6 nitrogen and oxygen atoms in total. The van der Waals surface area contributed by atoms with Gasteiger partial charge in [0.2, 0.25) is 4.77 Å². The lowest BCUT2D eigenvalue weighted by atomic mass is 10.2. The summed E-state index contributed by atoms with van der Waals surface area (Å²) in [5.41, 5.74) is 4.40. The van der Waals surface area contributed by atoms with E-state index in [9.17, 15) is 0 Å². The first-order valence-electron chi connectivity index (χ1n) is 8.74. The number of nitrogens with one attached hydrogen (secondary N) is 1. The summed E-state index contributed by atoms with van der Waals surface area (Å²) in [5.74, 6) is 0.499. The van der Waals surface area contributed by atoms with E-state index in [1.807, 2.05) is 48.9 Å². The minimum Gasteiger partial charge on any atom is -0.250 e. The molecule has 146 valence electrons. The van der Waals surface area contributed by atoms with Crippen LogP contribution in [0, 0.1) is 18.6 Å². The van der Waals surface area contributed by atoms with Crippen LogP contribution >= 0.6 is 35.4 Å². The lowest BCUT2D eigenvalue weighted by Gasteiger charge is -2.05. The van der Waals surface area contributed by atoms with E-state index < -0.39 is 0 Å². The highest BCUT2D eigenvalue weighted by molar-refractivity contribution is 7.71. The van der Waals surface area contributed by atoms with Crippen LogP contribution in [0.2, 0.25) is 10.0 Å². The Balaban J connectivity index is 1.76. The number of nitrogens with zero attached hydrogens (tertiary/aromatic N) is 5. The molecule has 1 N–H and O–H groups in total. The largest absolute Gasteiger partial charge is 0.250 e. The number of rotatable bonds is 4. The Morgan fingerprint density at radius 3 is 2.59 bits per heavy atom. The van der Waals surface area contributed by atoms with E-state index in [1.54, 1.807) is 24.4 Å². The van der Waals surface area contributed by atoms with Crippen molar-refractivity contribution in [2.75, 3.05) is 0 Å². The minimum atomic E-state index is 0.355. The van der Waals surface area contributed by atoms with E-state index in [-0.39, 0.29) is 0 Å². The Hall–Kier alpha value is -2.74. The molecule has 29 heavy (non-hydrogen) atoms. The van der Waals surface area contributed by atoms with Crippen LogP contribution in [-0.2, 0) is 0 Å². The summed E-state index contributed by atoms with van der Waals surface area (Å²) >= 11 is 17.7. The molecule has 2 aromatic carbocycles. The summed E-state index contributed by atoms with van der Waals surface area (Å²) in [6, 6.07) is 15.1. The zero-order valence-electron chi connectivity index (χ0n) is 15.6. The first-order chi connectivity index (χ1) is 14.0. The lowest BCUT2D eigenvalue weighted by molar-refractivity contribution is 0.833. The molecule has 2 aromatic heterocycles. The molecule has 0 amide bonds. The van der Waals surface area contributed by atoms with Crippen molar-refractivity contribution in [3.05, 3.63) is 80.3 Å². The van der Waals surface area contributed by atoms with Crippen molar-refractivity contribution >= 4 is 41.6 Å². The normalized spacial score (nSPS) is 11.4. The van der Waals surface area contributed by atoms with Crippen molar-refractivity contribution in [3.63, 3.8) is 0 Å². The second-order valence-corrected chi connectivity index (χ2v) is 7.60. The number of halogens is 2. The quantitative estimate of drug-likeness (QED) is 0.330. The Kier molecular flexibility index (Phi) is 5.36. The Bertz CT molecular complexity index is 1270. The van der Waals surface area contributed by atoms with Crippen LogP contribution in [0.1, 0.15) is 17.0 Å². The zero-order valence-corrected chi connectivity index (χ0v) is 17.9. The molecule has 0 aliphatic rings. The molecule has 0 fully saturated rings. The van der Waals surface area contributed by atoms with Crippen LogP contribution < -0.4 is 0 Å². The molecule has 0 bridgehead atoms. The number of benzene rings is 2. The molecular formula is C20H16Cl2N6S. The smallest absolute Gasteiger partial charge is 0.216 e. The monoisotopic (exact) mass is 442 g/mol. The van der Waals surface area contributed by atoms with Crippen LogP contribution in [-0.4, -0.2) is 30.9 Å². The third-order valence-corrected chi connectivity index (χ3v) is 5.28. The number of hydrogen-bond donors (Lipinski definition) is 1. The van der Waals surface area contributed by atoms with Crippen molar-refractivity contribution in [2.24, 2.45) is 5.10 Å². The second-order valence-electron chi connectivity index (χ2n) is 6.36. The topological polar surface area (TPSA) is 63.8 Å². The summed E-state index contributed by atoms with van der Waals surface area (Å²) in [6.45, 7) is 3.94. The molecular weight excluding hydrogens is 427 g/mol. The third kappa shape index (κ3) is 3.76. The van der Waals surface area contributed by atoms with Gasteiger partial charge in [-0.2, -0.15) is 20.0 Å². The first kappa shape index (κ1) is 19.6. The minimum absolute atomic E-state index is 0.355. The average Bonchev–Trinajstić information content (AvgIpc) is 3.20. The van der Waals surface area contributed by atoms with Crippen molar-refractivity contribution in [1.82, 2.24) is 24.7 Å². The van der Waals surface area contributed by atoms with E-state index in [0.717, 1.165) is 22.6 Å². The highest BCUT2D eigenvalue weighted by Gasteiger charge is 2.14. The number of aromatic nitrogens is 5. The van der Waals surface area contributed by atoms with Crippen molar-refractivity contribution < 1.29 is 0 Å². The number of H-pyrrole nitrogens is 1. The third-order valence-electron chi connectivity index (χ3n) is 4.47. The van der Waals surface area contributed by atoms with Gasteiger partial charge in [0, 0.05) is 16.1 Å². The Morgan fingerprint density at radius 2 is 1.86 bits per heavy atom. The van der Waals surface area contributed by atoms with Gasteiger partial charge in [0.15, 0.2) is 5.82 Å². The van der Waals surface area contributed by atoms with E-state index >= 15 is 0 Å². The second kappa shape index (κ2) is 7.94. The maximum Gasteiger partial charge on any atom is 0.216 e. The van der Waals surface area contributed by atoms with Gasteiger partial charge in [0.25, 0.3) is 0 Å². The molecule has 0 atom stereocenters. The number of para-hydroxylation sites is 1. The molecule has 0 spiro atoms. The van der Waals surface area contributed by atoms with Crippen molar-refractivity contribution in [2.45, 2.75) is 13.8 Å². The van der Waals surface area contributed by atoms with Crippen LogP contribution in [0.5, 0.6) is 0 Å². The van der Waals surface area contributed by atoms with Crippen LogP contribution in [0.3, 0.4) is 0 Å². The van der Waals surface area contributed by atoms with Crippen molar-refractivity contribution in [3.8, 4) is 17.1 Å². The van der Waals surface area contributed by atoms with Gasteiger partial charge in [0.05, 0.1) is 28.3 Å². The van der Waals surface area contributed by atoms with Gasteiger partial charge in [-0.15, -0.1) is 0 Å². The summed E-state index contributed by atoms with van der Waals surface area (Å²) in [5, 5.41) is 17.2. The molecule has 2 heterocycles. The summed E-state index contributed by atoms with van der Waals surface area (Å²) < 4.78 is 3.78. The van der Waals surface area contributed by atoms with E-state index in [4.69, 9.17) is 35.4 Å². The molecule has 0 saturated heterocycles. The average molecular weight is 443 g/mol. The summed E-state index contributed by atoms with van der Waals surface area (Å²) in [6.07, 6.45) is 1.73. The molecule has 0 radical (unpaired) electrons. The SMILES string of the molecule is Cc1nn(-c2ccccc2)c(C)c1/C=N/n1c(-c2ccc(Cl)cc2Cl)n[nH]c1=S. The van der Waals surface area contributed by atoms with E-state index in [0.29, 0.717) is 26.2 Å². The summed E-state index contributed by atoms with van der Waals surface area (Å²) in [7, 11) is 0. The molecule has 0 aliphatic heterocycles. The van der Waals surface area contributed by atoms with Gasteiger partial charge < -0.3 is 0 Å². The van der Waals surface area contributed by atoms with Gasteiger partial charge >= 0.3 is 0 Å². The van der Waals surface area contributed by atoms with Gasteiger partial charge in [0.1, 0.15) is 0 Å². The molecule has 0 saturated carbocycles. The maximum absolute atomic E-state index is 6.33. The van der Waals surface area contributed by atoms with Crippen LogP contribution in [0.4, 0.5) is 0 Å². The predicted octanol–water partition coefficient (Wildman–Crippen LogP) is 5.60. The molecule has 0 unspecified atom stereocenters. The van der Waals surface area contributed by atoms with Crippen molar-refractivity contribution in [1.29, 1.82) is 0 Å². The lowest BCUT2D eigenvalue weighted by Crippen LogP contribution is -1.99. The number of hydrogen-bond acceptors (Lipinski definition) is 4. The zero-order chi connectivity index (χ0) is 20.5. The number of aromatic amines is 1. The fourth-order valence-electron chi connectivity index (χ4n) is 3.02. The van der Waals surface area contributed by atoms with E-state index in [1.165, 1.54) is 4.68 Å². The van der Waals surface area contributed by atoms with Crippen LogP contribution in [0.25, 0.3) is 17.1 Å². The molecule has 0 aliphatic carbocycles. The van der Waals surface area contributed by atoms with Crippen LogP contribution in [0.15, 0.2) is 53.6 Å². The van der Waals surface area contributed by atoms with E-state index in [2.05, 4.69) is 20.4 Å². The molecule has 9 heteroatoms. The number of aryl methyl sites for hydroxylation is 1.